The van der Waals surface area contributed by atoms with Crippen LogP contribution >= 0.6 is 0 Å². The van der Waals surface area contributed by atoms with Crippen LogP contribution < -0.4 is 9.47 Å². The zero-order valence-electron chi connectivity index (χ0n) is 23.7. The number of nitrogens with zero attached hydrogens (tertiary/aromatic N) is 1. The summed E-state index contributed by atoms with van der Waals surface area (Å²) in [6.45, 7) is 5.36. The van der Waals surface area contributed by atoms with Crippen molar-refractivity contribution in [2.24, 2.45) is 0 Å². The summed E-state index contributed by atoms with van der Waals surface area (Å²) in [7, 11) is 4.06. The van der Waals surface area contributed by atoms with Crippen molar-refractivity contribution in [3.8, 4) is 17.2 Å². The molecule has 0 aliphatic carbocycles. The van der Waals surface area contributed by atoms with Crippen molar-refractivity contribution in [2.75, 3.05) is 33.9 Å². The van der Waals surface area contributed by atoms with Crippen molar-refractivity contribution in [3.63, 3.8) is 0 Å². The van der Waals surface area contributed by atoms with Gasteiger partial charge in [-0.1, -0.05) is 61.5 Å². The number of Topliss-reactive ketones (excluding diaryl/α,β-unsaturated/α-hetero) is 1. The van der Waals surface area contributed by atoms with Crippen molar-refractivity contribution >= 4 is 16.9 Å². The molecule has 0 heterocycles. The first kappa shape index (κ1) is 28.7. The highest BCUT2D eigenvalue weighted by Crippen LogP contribution is 2.35. The zero-order chi connectivity index (χ0) is 28.5. The van der Waals surface area contributed by atoms with E-state index in [9.17, 15) is 9.90 Å². The number of likely N-dealkylation sites (N-methyl/N-ethyl adjacent to an activating group) is 1. The van der Waals surface area contributed by atoms with E-state index >= 15 is 0 Å². The van der Waals surface area contributed by atoms with Crippen LogP contribution in [0, 0.1) is 6.92 Å². The third kappa shape index (κ3) is 7.39. The van der Waals surface area contributed by atoms with Gasteiger partial charge in [0.1, 0.15) is 23.9 Å². The van der Waals surface area contributed by atoms with Gasteiger partial charge in [0.15, 0.2) is 12.4 Å². The number of allylic oxidation sites excluding steroid dienone is 1. The summed E-state index contributed by atoms with van der Waals surface area (Å²) < 4.78 is 11.7. The van der Waals surface area contributed by atoms with Gasteiger partial charge < -0.3 is 19.5 Å². The van der Waals surface area contributed by atoms with Crippen molar-refractivity contribution < 1.29 is 19.4 Å². The molecule has 4 aromatic carbocycles. The highest BCUT2D eigenvalue weighted by molar-refractivity contribution is 5.99. The van der Waals surface area contributed by atoms with Gasteiger partial charge in [-0.05, 0) is 103 Å². The molecule has 0 spiro atoms. The Kier molecular flexibility index (Phi) is 9.76. The second-order valence-corrected chi connectivity index (χ2v) is 9.99. The number of hydrogen-bond donors (Lipinski definition) is 1. The van der Waals surface area contributed by atoms with Crippen LogP contribution in [0.3, 0.4) is 0 Å². The van der Waals surface area contributed by atoms with Crippen molar-refractivity contribution in [1.29, 1.82) is 0 Å². The fourth-order valence-corrected chi connectivity index (χ4v) is 4.52. The molecular formula is C35H37NO4. The number of aryl methyl sites for hydroxylation is 1. The van der Waals surface area contributed by atoms with Crippen LogP contribution in [0.2, 0.25) is 0 Å². The Labute approximate surface area is 237 Å². The van der Waals surface area contributed by atoms with Gasteiger partial charge in [-0.25, -0.2) is 0 Å². The van der Waals surface area contributed by atoms with E-state index in [1.165, 1.54) is 17.2 Å². The normalized spacial score (nSPS) is 11.7. The average molecular weight is 536 g/mol. The summed E-state index contributed by atoms with van der Waals surface area (Å²) in [5.41, 5.74) is 6.92. The molecule has 5 nitrogen and oxygen atoms in total. The number of hydrogen-bond acceptors (Lipinski definition) is 5. The first-order valence-electron chi connectivity index (χ1n) is 13.6. The van der Waals surface area contributed by atoms with Gasteiger partial charge in [0.05, 0.1) is 0 Å². The lowest BCUT2D eigenvalue weighted by Crippen LogP contribution is -2.19. The van der Waals surface area contributed by atoms with Crippen LogP contribution in [-0.4, -0.2) is 49.6 Å². The van der Waals surface area contributed by atoms with E-state index in [1.807, 2.05) is 56.6 Å². The predicted octanol–water partition coefficient (Wildman–Crippen LogP) is 7.27. The molecule has 0 unspecified atom stereocenters. The van der Waals surface area contributed by atoms with Crippen molar-refractivity contribution in [1.82, 2.24) is 4.90 Å². The molecule has 206 valence electrons. The average Bonchev–Trinajstić information content (AvgIpc) is 2.97. The number of phenolic OH excluding ortho intramolecular Hbond substituents is 1. The molecule has 0 aliphatic rings. The highest BCUT2D eigenvalue weighted by atomic mass is 16.5. The van der Waals surface area contributed by atoms with E-state index in [1.54, 1.807) is 19.1 Å². The van der Waals surface area contributed by atoms with E-state index in [0.717, 1.165) is 35.4 Å². The van der Waals surface area contributed by atoms with Crippen LogP contribution in [0.15, 0.2) is 97.1 Å². The number of ketones is 1. The molecule has 5 heteroatoms. The third-order valence-electron chi connectivity index (χ3n) is 6.76. The van der Waals surface area contributed by atoms with E-state index in [4.69, 9.17) is 9.47 Å². The molecule has 40 heavy (non-hydrogen) atoms. The molecule has 0 aliphatic heterocycles. The Hall–Kier alpha value is -4.35. The molecule has 0 saturated heterocycles. The third-order valence-corrected chi connectivity index (χ3v) is 6.76. The van der Waals surface area contributed by atoms with Gasteiger partial charge in [0, 0.05) is 12.1 Å². The summed E-state index contributed by atoms with van der Waals surface area (Å²) in [6, 6.07) is 31.4. The topological polar surface area (TPSA) is 59.0 Å². The maximum absolute atomic E-state index is 12.6. The number of carbonyl (C=O) groups excluding carboxylic acids is 1. The van der Waals surface area contributed by atoms with E-state index in [-0.39, 0.29) is 18.1 Å². The summed E-state index contributed by atoms with van der Waals surface area (Å²) in [5, 5.41) is 9.73. The number of ether oxygens (including phenoxy) is 2. The van der Waals surface area contributed by atoms with Gasteiger partial charge in [-0.3, -0.25) is 4.79 Å². The molecule has 4 rings (SSSR count). The minimum absolute atomic E-state index is 0.0776. The van der Waals surface area contributed by atoms with Crippen molar-refractivity contribution in [3.05, 3.63) is 125 Å². The van der Waals surface area contributed by atoms with Crippen LogP contribution in [0.5, 0.6) is 17.2 Å². The Morgan fingerprint density at radius 3 is 1.88 bits per heavy atom. The van der Waals surface area contributed by atoms with Gasteiger partial charge >= 0.3 is 0 Å². The monoisotopic (exact) mass is 535 g/mol. The van der Waals surface area contributed by atoms with Gasteiger partial charge in [-0.15, -0.1) is 0 Å². The number of carbonyl (C=O) groups is 1. The lowest BCUT2D eigenvalue weighted by Gasteiger charge is -2.17. The Morgan fingerprint density at radius 1 is 0.750 bits per heavy atom. The van der Waals surface area contributed by atoms with Crippen molar-refractivity contribution in [2.45, 2.75) is 20.3 Å². The summed E-state index contributed by atoms with van der Waals surface area (Å²) in [5.74, 6) is 1.50. The maximum Gasteiger partial charge on any atom is 0.200 e. The molecule has 0 aromatic heterocycles. The molecule has 0 atom stereocenters. The molecular weight excluding hydrogens is 498 g/mol. The summed E-state index contributed by atoms with van der Waals surface area (Å²) in [6.07, 6.45) is 0.860. The second kappa shape index (κ2) is 13.6. The number of rotatable bonds is 12. The molecule has 1 N–H and O–H groups in total. The lowest BCUT2D eigenvalue weighted by molar-refractivity contribution is 0.0921. The molecule has 0 saturated carbocycles. The van der Waals surface area contributed by atoms with Crippen LogP contribution in [0.25, 0.3) is 11.1 Å². The number of phenols is 1. The number of aromatic hydroxyl groups is 1. The predicted molar refractivity (Wildman–Crippen MR) is 162 cm³/mol. The second-order valence-electron chi connectivity index (χ2n) is 9.99. The Balaban J connectivity index is 1.59. The van der Waals surface area contributed by atoms with Gasteiger partial charge in [0.25, 0.3) is 0 Å². The summed E-state index contributed by atoms with van der Waals surface area (Å²) >= 11 is 0. The first-order chi connectivity index (χ1) is 19.4. The minimum Gasteiger partial charge on any atom is -0.508 e. The quantitative estimate of drug-likeness (QED) is 0.153. The molecule has 4 aromatic rings. The van der Waals surface area contributed by atoms with E-state index in [0.29, 0.717) is 23.5 Å². The van der Waals surface area contributed by atoms with Crippen LogP contribution in [0.4, 0.5) is 0 Å². The smallest absolute Gasteiger partial charge is 0.200 e. The SMILES string of the molecule is CC/C(=C(/c1ccc(OCCN(C)C)cc1)c1ccc(OCC(=O)c2ccc(O)c(C)c2)cc1)c1ccccc1. The van der Waals surface area contributed by atoms with Crippen LogP contribution in [0.1, 0.15) is 46.0 Å². The number of benzene rings is 4. The largest absolute Gasteiger partial charge is 0.508 e. The zero-order valence-corrected chi connectivity index (χ0v) is 23.7. The Morgan fingerprint density at radius 2 is 1.32 bits per heavy atom. The van der Waals surface area contributed by atoms with E-state index < -0.39 is 0 Å². The summed E-state index contributed by atoms with van der Waals surface area (Å²) in [4.78, 5) is 14.7. The highest BCUT2D eigenvalue weighted by Gasteiger charge is 2.14. The minimum atomic E-state index is -0.141. The Bertz CT molecular complexity index is 1440. The maximum atomic E-state index is 12.6. The fraction of sp³-hybridized carbons (Fsp3) is 0.229. The molecule has 0 amide bonds. The van der Waals surface area contributed by atoms with Gasteiger partial charge in [-0.2, -0.15) is 0 Å². The fourth-order valence-electron chi connectivity index (χ4n) is 4.52. The molecule has 0 radical (unpaired) electrons. The standard InChI is InChI=1S/C35H37NO4/c1-5-32(26-9-7-6-8-10-26)35(27-11-16-30(17-12-27)39-22-21-36(3)4)28-13-18-31(19-14-28)40-24-34(38)29-15-20-33(37)25(2)23-29/h6-20,23,37H,5,21-22,24H2,1-4H3/b35-32+. The molecule has 0 fully saturated rings. The first-order valence-corrected chi connectivity index (χ1v) is 13.6. The molecule has 0 bridgehead atoms. The van der Waals surface area contributed by atoms with Gasteiger partial charge in [0.2, 0.25) is 0 Å². The lowest BCUT2D eigenvalue weighted by atomic mass is 9.88. The van der Waals surface area contributed by atoms with Crippen LogP contribution in [-0.2, 0) is 0 Å². The van der Waals surface area contributed by atoms with E-state index in [2.05, 4.69) is 48.2 Å².